The van der Waals surface area contributed by atoms with Gasteiger partial charge in [0, 0.05) is 33.9 Å². The molecule has 1 aromatic rings. The lowest BCUT2D eigenvalue weighted by molar-refractivity contribution is 0.103. The SMILES string of the molecule is O=C1C=CC2(CCCC2)c2c(O)c3c(c(O)c21)[C@@H]1C=C[C@H]3C1. The van der Waals surface area contributed by atoms with Gasteiger partial charge in [-0.15, -0.1) is 0 Å². The molecule has 0 aromatic heterocycles. The number of benzene rings is 1. The Bertz CT molecular complexity index is 779. The zero-order chi connectivity index (χ0) is 15.1. The van der Waals surface area contributed by atoms with Gasteiger partial charge < -0.3 is 10.2 Å². The quantitative estimate of drug-likeness (QED) is 0.565. The predicted molar refractivity (Wildman–Crippen MR) is 82.6 cm³/mol. The number of allylic oxidation sites excluding steroid dienone is 4. The van der Waals surface area contributed by atoms with Crippen LogP contribution in [0.3, 0.4) is 0 Å². The van der Waals surface area contributed by atoms with Crippen LogP contribution >= 0.6 is 0 Å². The number of phenols is 2. The van der Waals surface area contributed by atoms with Gasteiger partial charge in [0.15, 0.2) is 5.78 Å². The number of ketones is 1. The van der Waals surface area contributed by atoms with E-state index in [-0.39, 0.29) is 34.5 Å². The van der Waals surface area contributed by atoms with Crippen molar-refractivity contribution in [3.05, 3.63) is 46.6 Å². The highest BCUT2D eigenvalue weighted by atomic mass is 16.3. The van der Waals surface area contributed by atoms with Crippen molar-refractivity contribution in [1.29, 1.82) is 0 Å². The molecule has 112 valence electrons. The molecule has 2 bridgehead atoms. The van der Waals surface area contributed by atoms with Gasteiger partial charge in [-0.2, -0.15) is 0 Å². The summed E-state index contributed by atoms with van der Waals surface area (Å²) in [6.45, 7) is 0. The maximum absolute atomic E-state index is 12.4. The van der Waals surface area contributed by atoms with Gasteiger partial charge in [0.05, 0.1) is 5.56 Å². The molecule has 0 aliphatic heterocycles. The summed E-state index contributed by atoms with van der Waals surface area (Å²) >= 11 is 0. The molecule has 0 saturated heterocycles. The Balaban J connectivity index is 1.88. The summed E-state index contributed by atoms with van der Waals surface area (Å²) in [5.74, 6) is 0.569. The second kappa shape index (κ2) is 3.83. The fraction of sp³-hybridized carbons (Fsp3) is 0.421. The van der Waals surface area contributed by atoms with Crippen molar-refractivity contribution in [3.8, 4) is 11.5 Å². The van der Waals surface area contributed by atoms with E-state index in [1.165, 1.54) is 0 Å². The van der Waals surface area contributed by atoms with E-state index in [9.17, 15) is 15.0 Å². The van der Waals surface area contributed by atoms with Crippen LogP contribution in [0.15, 0.2) is 24.3 Å². The summed E-state index contributed by atoms with van der Waals surface area (Å²) in [4.78, 5) is 12.4. The Labute approximate surface area is 129 Å². The molecule has 22 heavy (non-hydrogen) atoms. The van der Waals surface area contributed by atoms with Crippen molar-refractivity contribution in [2.45, 2.75) is 49.4 Å². The minimum absolute atomic E-state index is 0.125. The molecule has 1 saturated carbocycles. The number of rotatable bonds is 0. The fourth-order valence-electron chi connectivity index (χ4n) is 5.19. The topological polar surface area (TPSA) is 57.5 Å². The highest BCUT2D eigenvalue weighted by molar-refractivity contribution is 6.10. The number of aromatic hydroxyl groups is 2. The van der Waals surface area contributed by atoms with Crippen LogP contribution in [0.1, 0.15) is 71.0 Å². The van der Waals surface area contributed by atoms with Gasteiger partial charge in [0.1, 0.15) is 11.5 Å². The summed E-state index contributed by atoms with van der Waals surface area (Å²) < 4.78 is 0. The number of hydrogen-bond acceptors (Lipinski definition) is 3. The molecule has 1 fully saturated rings. The van der Waals surface area contributed by atoms with E-state index >= 15 is 0 Å². The van der Waals surface area contributed by atoms with Crippen LogP contribution < -0.4 is 0 Å². The number of fused-ring (bicyclic) bond motifs is 7. The van der Waals surface area contributed by atoms with E-state index in [4.69, 9.17) is 0 Å². The summed E-state index contributed by atoms with van der Waals surface area (Å²) in [6, 6.07) is 0. The largest absolute Gasteiger partial charge is 0.507 e. The molecule has 5 rings (SSSR count). The van der Waals surface area contributed by atoms with Crippen molar-refractivity contribution >= 4 is 5.78 Å². The first-order valence-corrected chi connectivity index (χ1v) is 8.16. The maximum atomic E-state index is 12.4. The van der Waals surface area contributed by atoms with Gasteiger partial charge in [-0.1, -0.05) is 31.1 Å². The molecular formula is C19H18O3. The van der Waals surface area contributed by atoms with Crippen LogP contribution in [-0.4, -0.2) is 16.0 Å². The Morgan fingerprint density at radius 3 is 2.32 bits per heavy atom. The minimum atomic E-state index is -0.259. The molecule has 0 unspecified atom stereocenters. The molecule has 0 amide bonds. The maximum Gasteiger partial charge on any atom is 0.189 e. The average molecular weight is 294 g/mol. The van der Waals surface area contributed by atoms with Crippen LogP contribution in [0.2, 0.25) is 0 Å². The second-order valence-corrected chi connectivity index (χ2v) is 7.17. The molecule has 0 heterocycles. The molecule has 2 N–H and O–H groups in total. The lowest BCUT2D eigenvalue weighted by atomic mass is 9.70. The van der Waals surface area contributed by atoms with Gasteiger partial charge in [-0.05, 0) is 25.3 Å². The van der Waals surface area contributed by atoms with Crippen LogP contribution in [0, 0.1) is 0 Å². The second-order valence-electron chi connectivity index (χ2n) is 7.17. The van der Waals surface area contributed by atoms with E-state index < -0.39 is 0 Å². The molecule has 1 aromatic carbocycles. The van der Waals surface area contributed by atoms with E-state index in [1.807, 2.05) is 6.08 Å². The third kappa shape index (κ3) is 1.26. The summed E-state index contributed by atoms with van der Waals surface area (Å²) in [5.41, 5.74) is 2.47. The van der Waals surface area contributed by atoms with Crippen molar-refractivity contribution in [1.82, 2.24) is 0 Å². The number of carbonyl (C=O) groups is 1. The van der Waals surface area contributed by atoms with Gasteiger partial charge in [-0.3, -0.25) is 4.79 Å². The standard InChI is InChI=1S/C19H18O3/c20-12-5-8-19(6-1-2-7-19)16-15(12)17(21)13-10-3-4-11(9-10)14(13)18(16)22/h3-5,8,10-11,21-22H,1-2,6-7,9H2/t10-,11+/m1/s1. The number of phenolic OH excluding ortho intramolecular Hbond substituents is 2. The normalized spacial score (nSPS) is 29.4. The van der Waals surface area contributed by atoms with Crippen molar-refractivity contribution in [3.63, 3.8) is 0 Å². The first-order chi connectivity index (χ1) is 10.6. The Morgan fingerprint density at radius 2 is 1.64 bits per heavy atom. The average Bonchev–Trinajstić information content (AvgIpc) is 3.22. The van der Waals surface area contributed by atoms with Crippen LogP contribution in [0.25, 0.3) is 0 Å². The number of hydrogen-bond donors (Lipinski definition) is 2. The third-order valence-corrected chi connectivity index (χ3v) is 6.14. The highest BCUT2D eigenvalue weighted by Crippen LogP contribution is 2.61. The van der Waals surface area contributed by atoms with E-state index in [2.05, 4.69) is 12.2 Å². The molecule has 1 spiro atoms. The Morgan fingerprint density at radius 1 is 1.00 bits per heavy atom. The lowest BCUT2D eigenvalue weighted by Gasteiger charge is -2.34. The van der Waals surface area contributed by atoms with Gasteiger partial charge in [0.2, 0.25) is 0 Å². The first-order valence-electron chi connectivity index (χ1n) is 8.16. The molecule has 0 radical (unpaired) electrons. The lowest BCUT2D eigenvalue weighted by Crippen LogP contribution is -2.27. The van der Waals surface area contributed by atoms with E-state index in [0.717, 1.165) is 43.2 Å². The molecule has 4 aliphatic carbocycles. The van der Waals surface area contributed by atoms with Gasteiger partial charge in [-0.25, -0.2) is 0 Å². The van der Waals surface area contributed by atoms with E-state index in [0.29, 0.717) is 11.1 Å². The smallest absolute Gasteiger partial charge is 0.189 e. The Hall–Kier alpha value is -2.03. The fourth-order valence-corrected chi connectivity index (χ4v) is 5.19. The third-order valence-electron chi connectivity index (χ3n) is 6.14. The van der Waals surface area contributed by atoms with Crippen molar-refractivity contribution in [2.24, 2.45) is 0 Å². The Kier molecular flexibility index (Phi) is 2.18. The monoisotopic (exact) mass is 294 g/mol. The molecule has 2 atom stereocenters. The molecule has 3 heteroatoms. The van der Waals surface area contributed by atoms with Gasteiger partial charge in [0.25, 0.3) is 0 Å². The predicted octanol–water partition coefficient (Wildman–Crippen LogP) is 3.80. The van der Waals surface area contributed by atoms with E-state index in [1.54, 1.807) is 6.08 Å². The zero-order valence-electron chi connectivity index (χ0n) is 12.3. The van der Waals surface area contributed by atoms with Crippen LogP contribution in [0.4, 0.5) is 0 Å². The van der Waals surface area contributed by atoms with Crippen molar-refractivity contribution in [2.75, 3.05) is 0 Å². The summed E-state index contributed by atoms with van der Waals surface area (Å²) in [6.07, 6.45) is 12.8. The summed E-state index contributed by atoms with van der Waals surface area (Å²) in [7, 11) is 0. The molecular weight excluding hydrogens is 276 g/mol. The summed E-state index contributed by atoms with van der Waals surface area (Å²) in [5, 5.41) is 21.8. The van der Waals surface area contributed by atoms with Crippen molar-refractivity contribution < 1.29 is 15.0 Å². The number of carbonyl (C=O) groups excluding carboxylic acids is 1. The molecule has 4 aliphatic rings. The van der Waals surface area contributed by atoms with Crippen LogP contribution in [-0.2, 0) is 5.41 Å². The molecule has 3 nitrogen and oxygen atoms in total. The minimum Gasteiger partial charge on any atom is -0.507 e. The van der Waals surface area contributed by atoms with Crippen LogP contribution in [0.5, 0.6) is 11.5 Å². The first kappa shape index (κ1) is 12.5. The zero-order valence-corrected chi connectivity index (χ0v) is 12.3. The highest BCUT2D eigenvalue weighted by Gasteiger charge is 2.47. The van der Waals surface area contributed by atoms with Gasteiger partial charge >= 0.3 is 0 Å².